The summed E-state index contributed by atoms with van der Waals surface area (Å²) >= 11 is 0. The smallest absolute Gasteiger partial charge is 0.246 e. The summed E-state index contributed by atoms with van der Waals surface area (Å²) in [5, 5.41) is 10.7. The lowest BCUT2D eigenvalue weighted by molar-refractivity contribution is -0.131. The van der Waals surface area contributed by atoms with Crippen LogP contribution in [-0.2, 0) is 33.4 Å². The van der Waals surface area contributed by atoms with Gasteiger partial charge in [0.2, 0.25) is 17.7 Å². The van der Waals surface area contributed by atoms with Gasteiger partial charge in [-0.3, -0.25) is 19.2 Å². The minimum atomic E-state index is -0.720. The van der Waals surface area contributed by atoms with E-state index in [1.165, 1.54) is 6.92 Å². The van der Waals surface area contributed by atoms with Crippen LogP contribution in [0.2, 0.25) is 0 Å². The first kappa shape index (κ1) is 26.9. The molecule has 0 saturated carbocycles. The van der Waals surface area contributed by atoms with Crippen molar-refractivity contribution in [2.75, 3.05) is 59.8 Å². The largest absolute Gasteiger partial charge is 0.378 e. The normalized spacial score (nSPS) is 12.7. The van der Waals surface area contributed by atoms with Crippen molar-refractivity contribution in [3.05, 3.63) is 0 Å². The highest BCUT2D eigenvalue weighted by Crippen LogP contribution is 1.86. The Balaban J connectivity index is 3.67. The van der Waals surface area contributed by atoms with Crippen molar-refractivity contribution in [2.24, 2.45) is 0 Å². The molecule has 0 aliphatic heterocycles. The van der Waals surface area contributed by atoms with Gasteiger partial charge in [0.05, 0.1) is 32.5 Å². The predicted molar refractivity (Wildman–Crippen MR) is 105 cm³/mol. The summed E-state index contributed by atoms with van der Waals surface area (Å²) in [5.74, 6) is -0.967. The molecule has 11 nitrogen and oxygen atoms in total. The zero-order chi connectivity index (χ0) is 22.1. The maximum atomic E-state index is 11.9. The van der Waals surface area contributed by atoms with Gasteiger partial charge in [0.15, 0.2) is 5.78 Å². The maximum absolute atomic E-state index is 11.9. The third kappa shape index (κ3) is 15.5. The predicted octanol–water partition coefficient (Wildman–Crippen LogP) is -2.03. The molecule has 0 aromatic heterocycles. The Morgan fingerprint density at radius 2 is 1.28 bits per heavy atom. The summed E-state index contributed by atoms with van der Waals surface area (Å²) in [5.41, 5.74) is 0. The van der Waals surface area contributed by atoms with Gasteiger partial charge in [-0.05, 0) is 27.8 Å². The highest BCUT2D eigenvalue weighted by Gasteiger charge is 2.15. The van der Waals surface area contributed by atoms with Crippen molar-refractivity contribution in [2.45, 2.75) is 32.9 Å². The number of amides is 3. The van der Waals surface area contributed by atoms with Crippen LogP contribution >= 0.6 is 0 Å². The van der Waals surface area contributed by atoms with E-state index >= 15 is 0 Å². The van der Waals surface area contributed by atoms with Gasteiger partial charge in [0.25, 0.3) is 0 Å². The Kier molecular flexibility index (Phi) is 15.6. The highest BCUT2D eigenvalue weighted by molar-refractivity contribution is 5.87. The second-order valence-corrected chi connectivity index (χ2v) is 6.30. The fourth-order valence-electron chi connectivity index (χ4n) is 1.88. The molecule has 3 amide bonds. The number of carbonyl (C=O) groups is 4. The molecule has 0 heterocycles. The van der Waals surface area contributed by atoms with E-state index in [0.717, 1.165) is 0 Å². The van der Waals surface area contributed by atoms with Crippen LogP contribution in [0.1, 0.15) is 20.8 Å². The van der Waals surface area contributed by atoms with Crippen LogP contribution in [0.5, 0.6) is 0 Å². The number of hydrogen-bond acceptors (Lipinski definition) is 8. The summed E-state index contributed by atoms with van der Waals surface area (Å²) in [4.78, 5) is 45.8. The van der Waals surface area contributed by atoms with E-state index in [4.69, 9.17) is 14.2 Å². The van der Waals surface area contributed by atoms with E-state index in [1.54, 1.807) is 20.9 Å². The van der Waals surface area contributed by atoms with Crippen LogP contribution in [0.4, 0.5) is 0 Å². The molecule has 0 aliphatic rings. The molecule has 0 spiro atoms. The number of ether oxygens (including phenoxy) is 3. The molecule has 0 rings (SSSR count). The molecule has 0 bridgehead atoms. The molecule has 4 N–H and O–H groups in total. The van der Waals surface area contributed by atoms with Crippen molar-refractivity contribution in [1.29, 1.82) is 0 Å². The Morgan fingerprint density at radius 1 is 0.759 bits per heavy atom. The first-order chi connectivity index (χ1) is 13.8. The zero-order valence-corrected chi connectivity index (χ0v) is 17.7. The minimum absolute atomic E-state index is 0.0145. The highest BCUT2D eigenvalue weighted by atomic mass is 16.5. The van der Waals surface area contributed by atoms with Crippen LogP contribution in [0, 0.1) is 0 Å². The van der Waals surface area contributed by atoms with Gasteiger partial charge in [-0.2, -0.15) is 0 Å². The van der Waals surface area contributed by atoms with Crippen molar-refractivity contribution >= 4 is 23.5 Å². The van der Waals surface area contributed by atoms with E-state index < -0.39 is 11.9 Å². The average molecular weight is 418 g/mol. The third-order valence-corrected chi connectivity index (χ3v) is 3.60. The molecule has 0 unspecified atom stereocenters. The molecule has 11 heteroatoms. The second-order valence-electron chi connectivity index (χ2n) is 6.30. The van der Waals surface area contributed by atoms with Crippen LogP contribution in [-0.4, -0.2) is 95.4 Å². The van der Waals surface area contributed by atoms with Gasteiger partial charge in [0, 0.05) is 13.1 Å². The zero-order valence-electron chi connectivity index (χ0n) is 17.7. The molecule has 0 aromatic rings. The minimum Gasteiger partial charge on any atom is -0.378 e. The van der Waals surface area contributed by atoms with Crippen molar-refractivity contribution < 1.29 is 33.4 Å². The number of hydrogen-bond donors (Lipinski definition) is 4. The maximum Gasteiger partial charge on any atom is 0.246 e. The third-order valence-electron chi connectivity index (χ3n) is 3.60. The second kappa shape index (κ2) is 16.8. The molecule has 168 valence electrons. The van der Waals surface area contributed by atoms with Gasteiger partial charge in [0.1, 0.15) is 19.3 Å². The number of likely N-dealkylation sites (N-methyl/N-ethyl adjacent to an activating group) is 1. The first-order valence-corrected chi connectivity index (χ1v) is 9.52. The SMILES string of the molecule is CN[C@@H](C)C(=O)NCCOCCNC(=O)[C@H](C)NC(=O)COCCOCC(C)=O. The van der Waals surface area contributed by atoms with E-state index in [9.17, 15) is 19.2 Å². The fraction of sp³-hybridized carbons (Fsp3) is 0.778. The van der Waals surface area contributed by atoms with E-state index in [2.05, 4.69) is 21.3 Å². The Hall–Kier alpha value is -2.08. The number of carbonyl (C=O) groups excluding carboxylic acids is 4. The van der Waals surface area contributed by atoms with E-state index in [1.807, 2.05) is 0 Å². The van der Waals surface area contributed by atoms with Crippen molar-refractivity contribution in [1.82, 2.24) is 21.3 Å². The van der Waals surface area contributed by atoms with Gasteiger partial charge in [-0.1, -0.05) is 0 Å². The van der Waals surface area contributed by atoms with Gasteiger partial charge >= 0.3 is 0 Å². The molecule has 0 fully saturated rings. The Bertz CT molecular complexity index is 516. The number of Topliss-reactive ketones (excluding diaryl/α,β-unsaturated/α-hetero) is 1. The van der Waals surface area contributed by atoms with Gasteiger partial charge < -0.3 is 35.5 Å². The topological polar surface area (TPSA) is 144 Å². The lowest BCUT2D eigenvalue weighted by Gasteiger charge is -2.14. The van der Waals surface area contributed by atoms with Crippen LogP contribution < -0.4 is 21.3 Å². The summed E-state index contributed by atoms with van der Waals surface area (Å²) in [6.45, 7) is 6.20. The molecular weight excluding hydrogens is 384 g/mol. The van der Waals surface area contributed by atoms with Crippen molar-refractivity contribution in [3.8, 4) is 0 Å². The summed E-state index contributed by atoms with van der Waals surface area (Å²) in [6, 6.07) is -0.987. The lowest BCUT2D eigenvalue weighted by atomic mass is 10.3. The molecule has 0 aliphatic carbocycles. The fourth-order valence-corrected chi connectivity index (χ4v) is 1.88. The van der Waals surface area contributed by atoms with Crippen LogP contribution in [0.15, 0.2) is 0 Å². The van der Waals surface area contributed by atoms with Crippen molar-refractivity contribution in [3.63, 3.8) is 0 Å². The molecule has 0 saturated heterocycles. The monoisotopic (exact) mass is 418 g/mol. The van der Waals surface area contributed by atoms with Gasteiger partial charge in [-0.25, -0.2) is 0 Å². The molecule has 29 heavy (non-hydrogen) atoms. The number of ketones is 1. The molecule has 2 atom stereocenters. The van der Waals surface area contributed by atoms with Crippen LogP contribution in [0.3, 0.4) is 0 Å². The lowest BCUT2D eigenvalue weighted by Crippen LogP contribution is -2.46. The van der Waals surface area contributed by atoms with Gasteiger partial charge in [-0.15, -0.1) is 0 Å². The summed E-state index contributed by atoms with van der Waals surface area (Å²) in [7, 11) is 1.70. The molecule has 0 aromatic carbocycles. The number of nitrogens with one attached hydrogen (secondary N) is 4. The quantitative estimate of drug-likeness (QED) is 0.198. The molecular formula is C18H34N4O7. The number of rotatable bonds is 17. The first-order valence-electron chi connectivity index (χ1n) is 9.52. The Labute approximate surface area is 171 Å². The average Bonchev–Trinajstić information content (AvgIpc) is 2.68. The summed E-state index contributed by atoms with van der Waals surface area (Å²) < 4.78 is 15.4. The standard InChI is InChI=1S/C18H34N4O7/c1-13(23)11-28-9-10-29-12-16(24)22-15(3)18(26)21-6-8-27-7-5-20-17(25)14(2)19-4/h14-15,19H,5-12H2,1-4H3,(H,20,25)(H,21,26)(H,22,24)/t14-,15-/m0/s1. The Morgan fingerprint density at radius 3 is 1.79 bits per heavy atom. The van der Waals surface area contributed by atoms with E-state index in [-0.39, 0.29) is 63.2 Å². The molecule has 0 radical (unpaired) electrons. The van der Waals surface area contributed by atoms with Crippen LogP contribution in [0.25, 0.3) is 0 Å². The van der Waals surface area contributed by atoms with E-state index in [0.29, 0.717) is 13.2 Å². The summed E-state index contributed by atoms with van der Waals surface area (Å²) in [6.07, 6.45) is 0.